The van der Waals surface area contributed by atoms with Crippen LogP contribution in [0.4, 0.5) is 0 Å². The van der Waals surface area contributed by atoms with Gasteiger partial charge in [0.1, 0.15) is 11.2 Å². The predicted molar refractivity (Wildman–Crippen MR) is 121 cm³/mol. The highest BCUT2D eigenvalue weighted by molar-refractivity contribution is 7.88. The quantitative estimate of drug-likeness (QED) is 0.114. The minimum Gasteiger partial charge on any atom is -0.379 e. The van der Waals surface area contributed by atoms with Crippen LogP contribution in [0.15, 0.2) is 0 Å². The van der Waals surface area contributed by atoms with Gasteiger partial charge in [0.2, 0.25) is 0 Å². The molecule has 0 aliphatic heterocycles. The molecule has 0 spiro atoms. The van der Waals surface area contributed by atoms with Crippen molar-refractivity contribution in [3.8, 4) is 0 Å². The topological polar surface area (TPSA) is 111 Å². The van der Waals surface area contributed by atoms with Crippen LogP contribution < -0.4 is 5.90 Å². The summed E-state index contributed by atoms with van der Waals surface area (Å²) < 4.78 is 46.1. The van der Waals surface area contributed by atoms with Crippen molar-refractivity contribution < 1.29 is 37.3 Å². The Bertz CT molecular complexity index is 402. The highest BCUT2D eigenvalue weighted by Gasteiger charge is 2.35. The first kappa shape index (κ1) is 30.9. The van der Waals surface area contributed by atoms with Gasteiger partial charge in [-0.1, -0.05) is 90.4 Å². The summed E-state index contributed by atoms with van der Waals surface area (Å²) >= 11 is 0. The van der Waals surface area contributed by atoms with Crippen molar-refractivity contribution in [1.82, 2.24) is 0 Å². The Morgan fingerprint density at radius 2 is 0.903 bits per heavy atom. The van der Waals surface area contributed by atoms with Crippen LogP contribution in [0, 0.1) is 0 Å². The van der Waals surface area contributed by atoms with Crippen molar-refractivity contribution in [3.63, 3.8) is 0 Å². The van der Waals surface area contributed by atoms with E-state index < -0.39 is 10.8 Å². The Labute approximate surface area is 191 Å². The molecule has 31 heavy (non-hydrogen) atoms. The first-order valence-electron chi connectivity index (χ1n) is 12.2. The van der Waals surface area contributed by atoms with E-state index in [1.54, 1.807) is 0 Å². The number of hydrogen-bond donors (Lipinski definition) is 1. The fraction of sp³-hybridized carbons (Fsp3) is 1.00. The van der Waals surface area contributed by atoms with Gasteiger partial charge in [-0.3, -0.25) is 0 Å². The van der Waals surface area contributed by atoms with Gasteiger partial charge in [0.15, 0.2) is 0 Å². The second-order valence-electron chi connectivity index (χ2n) is 7.78. The number of rotatable bonds is 26. The minimum absolute atomic E-state index is 0.111. The summed E-state index contributed by atoms with van der Waals surface area (Å²) in [5, 5.41) is 0. The van der Waals surface area contributed by atoms with Gasteiger partial charge in [-0.2, -0.15) is 5.90 Å². The molecule has 0 aliphatic carbocycles. The largest absolute Gasteiger partial charge is 0.597 e. The van der Waals surface area contributed by atoms with E-state index in [0.29, 0.717) is 26.4 Å². The Morgan fingerprint density at radius 3 is 1.32 bits per heavy atom. The van der Waals surface area contributed by atoms with Gasteiger partial charge >= 0.3 is 10.8 Å². The van der Waals surface area contributed by atoms with Crippen LogP contribution in [0.2, 0.25) is 0 Å². The zero-order chi connectivity index (χ0) is 22.9. The summed E-state index contributed by atoms with van der Waals surface area (Å²) in [4.78, 5) is 0. The molecule has 0 aromatic heterocycles. The molecule has 187 valence electrons. The lowest BCUT2D eigenvalue weighted by Crippen LogP contribution is -2.53. The van der Waals surface area contributed by atoms with Crippen LogP contribution in [-0.2, 0) is 42.2 Å². The van der Waals surface area contributed by atoms with Gasteiger partial charge < -0.3 is 14.2 Å². The van der Waals surface area contributed by atoms with E-state index in [-0.39, 0.29) is 13.2 Å². The number of hydrogen-bond acceptors (Lipinski definition) is 6. The molecular weight excluding hydrogens is 422 g/mol. The van der Waals surface area contributed by atoms with Crippen molar-refractivity contribution in [3.05, 3.63) is 0 Å². The average molecular weight is 471 g/mol. The average Bonchev–Trinajstić information content (AvgIpc) is 2.76. The van der Waals surface area contributed by atoms with E-state index in [4.69, 9.17) is 14.2 Å². The second kappa shape index (κ2) is 24.5. The molecule has 0 aromatic carbocycles. The third-order valence-electron chi connectivity index (χ3n) is 4.99. The number of unbranched alkanes of at least 4 members (excludes halogenated alkanes) is 13. The Morgan fingerprint density at radius 1 is 0.548 bits per heavy atom. The first-order valence-corrected chi connectivity index (χ1v) is 13.5. The minimum atomic E-state index is -3.99. The van der Waals surface area contributed by atoms with Gasteiger partial charge in [0.05, 0.1) is 37.3 Å². The van der Waals surface area contributed by atoms with Crippen LogP contribution in [0.5, 0.6) is 0 Å². The van der Waals surface area contributed by atoms with Gasteiger partial charge in [-0.25, -0.2) is 0 Å². The summed E-state index contributed by atoms with van der Waals surface area (Å²) in [6.45, 7) is 5.00. The van der Waals surface area contributed by atoms with E-state index in [9.17, 15) is 8.76 Å². The summed E-state index contributed by atoms with van der Waals surface area (Å²) in [6.07, 6.45) is 19.0. The SMILES string of the molecule is CCCCCCCCCCCCCCCCOCCOCCOCCO[S+]([O])(=O)O[NH3+]. The molecule has 1 atom stereocenters. The highest BCUT2D eigenvalue weighted by Crippen LogP contribution is 2.12. The van der Waals surface area contributed by atoms with Crippen molar-refractivity contribution >= 4 is 10.8 Å². The fourth-order valence-corrected chi connectivity index (χ4v) is 3.51. The van der Waals surface area contributed by atoms with E-state index in [1.807, 2.05) is 0 Å². The molecule has 0 rings (SSSR count). The Kier molecular flexibility index (Phi) is 24.4. The molecular formula is C22H48NO7S+2. The van der Waals surface area contributed by atoms with Gasteiger partial charge in [0.25, 0.3) is 0 Å². The first-order chi connectivity index (χ1) is 15.1. The molecule has 0 bridgehead atoms. The van der Waals surface area contributed by atoms with Gasteiger partial charge in [-0.15, -0.1) is 4.18 Å². The fourth-order valence-electron chi connectivity index (χ4n) is 3.17. The summed E-state index contributed by atoms with van der Waals surface area (Å²) in [5.74, 6) is 2.78. The third-order valence-corrected chi connectivity index (χ3v) is 5.73. The maximum atomic E-state index is 10.8. The van der Waals surface area contributed by atoms with Crippen molar-refractivity contribution in [2.45, 2.75) is 96.8 Å². The van der Waals surface area contributed by atoms with Crippen LogP contribution >= 0.6 is 0 Å². The summed E-state index contributed by atoms with van der Waals surface area (Å²) in [7, 11) is -3.99. The highest BCUT2D eigenvalue weighted by atomic mass is 32.3. The molecule has 1 radical (unpaired) electrons. The maximum Gasteiger partial charge on any atom is 0.597 e. The summed E-state index contributed by atoms with van der Waals surface area (Å²) in [5.41, 5.74) is 0. The lowest BCUT2D eigenvalue weighted by atomic mass is 10.0. The number of quaternary nitrogens is 1. The van der Waals surface area contributed by atoms with E-state index in [2.05, 4.69) is 21.3 Å². The van der Waals surface area contributed by atoms with E-state index in [1.165, 1.54) is 83.5 Å². The lowest BCUT2D eigenvalue weighted by molar-refractivity contribution is -0.640. The molecule has 9 heteroatoms. The predicted octanol–water partition coefficient (Wildman–Crippen LogP) is 4.38. The molecule has 0 heterocycles. The normalized spacial score (nSPS) is 13.5. The van der Waals surface area contributed by atoms with Crippen molar-refractivity contribution in [1.29, 1.82) is 0 Å². The lowest BCUT2D eigenvalue weighted by Gasteiger charge is -2.06. The number of ether oxygens (including phenoxy) is 3. The molecule has 0 saturated heterocycles. The van der Waals surface area contributed by atoms with Crippen LogP contribution in [0.3, 0.4) is 0 Å². The maximum absolute atomic E-state index is 10.8. The van der Waals surface area contributed by atoms with Crippen LogP contribution in [0.1, 0.15) is 96.8 Å². The van der Waals surface area contributed by atoms with Crippen LogP contribution in [-0.4, -0.2) is 46.2 Å². The molecule has 1 unspecified atom stereocenters. The standard InChI is InChI=1S/C22H48NO7S/c1-2-3-4-5-6-7-8-9-10-11-12-13-14-15-16-26-17-18-27-19-20-28-21-22-29-31(24,25)30-23/h2-22H2,1,23H3/q+2. The van der Waals surface area contributed by atoms with E-state index >= 15 is 0 Å². The van der Waals surface area contributed by atoms with Crippen molar-refractivity contribution in [2.24, 2.45) is 0 Å². The molecule has 0 aliphatic rings. The van der Waals surface area contributed by atoms with E-state index in [0.717, 1.165) is 13.0 Å². The second-order valence-corrected chi connectivity index (χ2v) is 9.07. The third kappa shape index (κ3) is 26.0. The Balaban J connectivity index is 3.06. The smallest absolute Gasteiger partial charge is 0.379 e. The zero-order valence-corrected chi connectivity index (χ0v) is 20.6. The molecule has 3 N–H and O–H groups in total. The zero-order valence-electron chi connectivity index (χ0n) is 19.8. The monoisotopic (exact) mass is 470 g/mol. The van der Waals surface area contributed by atoms with Gasteiger partial charge in [-0.05, 0) is 6.42 Å². The molecule has 0 fully saturated rings. The molecule has 0 saturated carbocycles. The van der Waals surface area contributed by atoms with Crippen molar-refractivity contribution in [2.75, 3.05) is 46.2 Å². The summed E-state index contributed by atoms with van der Waals surface area (Å²) in [6, 6.07) is 0. The van der Waals surface area contributed by atoms with Crippen LogP contribution in [0.25, 0.3) is 0 Å². The molecule has 8 nitrogen and oxygen atoms in total. The molecule has 0 aromatic rings. The molecule has 0 amide bonds. The Hall–Kier alpha value is -0.130. The van der Waals surface area contributed by atoms with Gasteiger partial charge in [0, 0.05) is 10.8 Å².